The van der Waals surface area contributed by atoms with Gasteiger partial charge in [-0.1, -0.05) is 6.07 Å². The van der Waals surface area contributed by atoms with E-state index >= 15 is 0 Å². The average molecular weight is 233 g/mol. The molecule has 0 bridgehead atoms. The van der Waals surface area contributed by atoms with Gasteiger partial charge in [-0.3, -0.25) is 0 Å². The fraction of sp³-hybridized carbons (Fsp3) is 0.429. The molecule has 0 aliphatic rings. The van der Waals surface area contributed by atoms with Crippen molar-refractivity contribution in [2.45, 2.75) is 33.4 Å². The lowest BCUT2D eigenvalue weighted by Crippen LogP contribution is -2.06. The van der Waals surface area contributed by atoms with E-state index in [1.807, 2.05) is 25.1 Å². The lowest BCUT2D eigenvalue weighted by Gasteiger charge is -2.14. The summed E-state index contributed by atoms with van der Waals surface area (Å²) < 4.78 is 7.69. The summed E-state index contributed by atoms with van der Waals surface area (Å²) in [5, 5.41) is 10.8. The van der Waals surface area contributed by atoms with Crippen LogP contribution in [0.25, 0.3) is 10.9 Å². The Morgan fingerprint density at radius 1 is 1.35 bits per heavy atom. The quantitative estimate of drug-likeness (QED) is 0.877. The van der Waals surface area contributed by atoms with Crippen molar-refractivity contribution in [3.63, 3.8) is 0 Å². The van der Waals surface area contributed by atoms with Crippen LogP contribution in [0.1, 0.15) is 32.5 Å². The lowest BCUT2D eigenvalue weighted by molar-refractivity contribution is 0.128. The summed E-state index contributed by atoms with van der Waals surface area (Å²) in [6.07, 6.45) is 0. The van der Waals surface area contributed by atoms with Crippen LogP contribution in [0.15, 0.2) is 24.3 Å². The number of nitrogens with zero attached hydrogens (tertiary/aromatic N) is 1. The minimum Gasteiger partial charge on any atom is -0.507 e. The van der Waals surface area contributed by atoms with Crippen molar-refractivity contribution in [3.05, 3.63) is 30.0 Å². The predicted molar refractivity (Wildman–Crippen MR) is 69.3 cm³/mol. The first kappa shape index (κ1) is 12.0. The van der Waals surface area contributed by atoms with E-state index in [-0.39, 0.29) is 0 Å². The molecule has 1 aromatic heterocycles. The van der Waals surface area contributed by atoms with Gasteiger partial charge in [0.05, 0.1) is 12.1 Å². The Labute approximate surface area is 102 Å². The molecule has 3 nitrogen and oxygen atoms in total. The highest BCUT2D eigenvalue weighted by Crippen LogP contribution is 2.30. The second kappa shape index (κ2) is 4.80. The van der Waals surface area contributed by atoms with E-state index in [0.717, 1.165) is 16.6 Å². The first-order valence-electron chi connectivity index (χ1n) is 6.04. The number of rotatable bonds is 4. The average Bonchev–Trinajstić information content (AvgIpc) is 2.66. The third-order valence-electron chi connectivity index (χ3n) is 2.91. The fourth-order valence-electron chi connectivity index (χ4n) is 2.22. The van der Waals surface area contributed by atoms with Crippen molar-refractivity contribution in [2.75, 3.05) is 6.61 Å². The Hall–Kier alpha value is -1.48. The highest BCUT2D eigenvalue weighted by molar-refractivity contribution is 5.87. The number of benzene rings is 1. The maximum Gasteiger partial charge on any atom is 0.124 e. The Kier molecular flexibility index (Phi) is 3.38. The van der Waals surface area contributed by atoms with E-state index in [2.05, 4.69) is 18.4 Å². The third kappa shape index (κ3) is 2.15. The number of phenolic OH excluding ortho intramolecular Hbond substituents is 1. The summed E-state index contributed by atoms with van der Waals surface area (Å²) >= 11 is 0. The fourth-order valence-corrected chi connectivity index (χ4v) is 2.22. The molecule has 0 radical (unpaired) electrons. The first-order valence-corrected chi connectivity index (χ1v) is 6.04. The maximum absolute atomic E-state index is 9.86. The zero-order valence-electron chi connectivity index (χ0n) is 10.6. The van der Waals surface area contributed by atoms with Gasteiger partial charge in [-0.25, -0.2) is 0 Å². The molecule has 0 aliphatic carbocycles. The molecule has 1 N–H and O–H groups in total. The van der Waals surface area contributed by atoms with Crippen LogP contribution in [0.2, 0.25) is 0 Å². The van der Waals surface area contributed by atoms with Gasteiger partial charge in [-0.15, -0.1) is 0 Å². The largest absolute Gasteiger partial charge is 0.507 e. The highest BCUT2D eigenvalue weighted by atomic mass is 16.5. The molecule has 0 aliphatic heterocycles. The van der Waals surface area contributed by atoms with Gasteiger partial charge >= 0.3 is 0 Å². The van der Waals surface area contributed by atoms with Crippen LogP contribution >= 0.6 is 0 Å². The minimum absolute atomic E-state index is 0.333. The summed E-state index contributed by atoms with van der Waals surface area (Å²) in [6.45, 7) is 7.55. The van der Waals surface area contributed by atoms with Crippen molar-refractivity contribution in [3.8, 4) is 5.75 Å². The van der Waals surface area contributed by atoms with Crippen molar-refractivity contribution < 1.29 is 9.84 Å². The van der Waals surface area contributed by atoms with Crippen LogP contribution in [0.5, 0.6) is 5.75 Å². The van der Waals surface area contributed by atoms with Crippen LogP contribution < -0.4 is 0 Å². The summed E-state index contributed by atoms with van der Waals surface area (Å²) in [5.74, 6) is 0.333. The van der Waals surface area contributed by atoms with Crippen LogP contribution in [-0.4, -0.2) is 16.3 Å². The highest BCUT2D eigenvalue weighted by Gasteiger charge is 2.13. The molecular weight excluding hydrogens is 214 g/mol. The summed E-state index contributed by atoms with van der Waals surface area (Å²) in [6, 6.07) is 7.99. The molecule has 0 spiro atoms. The number of fused-ring (bicyclic) bond motifs is 1. The van der Waals surface area contributed by atoms with Crippen molar-refractivity contribution in [1.29, 1.82) is 0 Å². The van der Waals surface area contributed by atoms with E-state index in [4.69, 9.17) is 4.74 Å². The standard InChI is InChI=1S/C14H19NO2/c1-4-17-9-11-8-12-13(15(11)10(2)3)6-5-7-14(12)16/h5-8,10,16H,4,9H2,1-3H3. The van der Waals surface area contributed by atoms with Gasteiger partial charge in [0.1, 0.15) is 5.75 Å². The molecule has 3 heteroatoms. The predicted octanol–water partition coefficient (Wildman–Crippen LogP) is 3.46. The van der Waals surface area contributed by atoms with Gasteiger partial charge < -0.3 is 14.4 Å². The Morgan fingerprint density at radius 3 is 2.76 bits per heavy atom. The van der Waals surface area contributed by atoms with Crippen LogP contribution in [0.4, 0.5) is 0 Å². The van der Waals surface area contributed by atoms with Crippen LogP contribution in [0, 0.1) is 0 Å². The molecule has 0 atom stereocenters. The SMILES string of the molecule is CCOCc1cc2c(O)cccc2n1C(C)C. The smallest absolute Gasteiger partial charge is 0.124 e. The molecule has 1 aromatic carbocycles. The number of hydrogen-bond donors (Lipinski definition) is 1. The van der Waals surface area contributed by atoms with Crippen molar-refractivity contribution in [1.82, 2.24) is 4.57 Å². The second-order valence-corrected chi connectivity index (χ2v) is 4.45. The zero-order valence-corrected chi connectivity index (χ0v) is 10.6. The molecule has 0 saturated heterocycles. The van der Waals surface area contributed by atoms with Crippen molar-refractivity contribution in [2.24, 2.45) is 0 Å². The maximum atomic E-state index is 9.86. The minimum atomic E-state index is 0.333. The molecule has 0 saturated carbocycles. The van der Waals surface area contributed by atoms with E-state index in [0.29, 0.717) is 25.0 Å². The number of phenols is 1. The van der Waals surface area contributed by atoms with E-state index < -0.39 is 0 Å². The number of ether oxygens (including phenoxy) is 1. The summed E-state index contributed by atoms with van der Waals surface area (Å²) in [4.78, 5) is 0. The summed E-state index contributed by atoms with van der Waals surface area (Å²) in [5.41, 5.74) is 2.17. The van der Waals surface area contributed by atoms with Crippen LogP contribution in [-0.2, 0) is 11.3 Å². The molecule has 0 amide bonds. The van der Waals surface area contributed by atoms with E-state index in [9.17, 15) is 5.11 Å². The molecule has 17 heavy (non-hydrogen) atoms. The zero-order chi connectivity index (χ0) is 12.4. The molecule has 2 aromatic rings. The van der Waals surface area contributed by atoms with Gasteiger partial charge in [0.15, 0.2) is 0 Å². The van der Waals surface area contributed by atoms with Gasteiger partial charge in [0, 0.05) is 23.7 Å². The third-order valence-corrected chi connectivity index (χ3v) is 2.91. The number of aromatic hydroxyl groups is 1. The van der Waals surface area contributed by atoms with Gasteiger partial charge in [-0.2, -0.15) is 0 Å². The molecule has 0 fully saturated rings. The number of aromatic nitrogens is 1. The second-order valence-electron chi connectivity index (χ2n) is 4.45. The van der Waals surface area contributed by atoms with E-state index in [1.165, 1.54) is 0 Å². The Bertz CT molecular complexity index is 514. The molecule has 92 valence electrons. The Balaban J connectivity index is 2.58. The number of hydrogen-bond acceptors (Lipinski definition) is 2. The van der Waals surface area contributed by atoms with Gasteiger partial charge in [0.25, 0.3) is 0 Å². The normalized spacial score (nSPS) is 11.5. The van der Waals surface area contributed by atoms with E-state index in [1.54, 1.807) is 6.07 Å². The topological polar surface area (TPSA) is 34.4 Å². The summed E-state index contributed by atoms with van der Waals surface area (Å²) in [7, 11) is 0. The molecule has 0 unspecified atom stereocenters. The monoisotopic (exact) mass is 233 g/mol. The molecule has 2 rings (SSSR count). The first-order chi connectivity index (χ1) is 8.15. The van der Waals surface area contributed by atoms with Gasteiger partial charge in [-0.05, 0) is 39.0 Å². The van der Waals surface area contributed by atoms with Gasteiger partial charge in [0.2, 0.25) is 0 Å². The lowest BCUT2D eigenvalue weighted by atomic mass is 10.2. The Morgan fingerprint density at radius 2 is 2.12 bits per heavy atom. The van der Waals surface area contributed by atoms with Crippen molar-refractivity contribution >= 4 is 10.9 Å². The molecule has 1 heterocycles. The molecular formula is C14H19NO2. The van der Waals surface area contributed by atoms with Crippen LogP contribution in [0.3, 0.4) is 0 Å².